The van der Waals surface area contributed by atoms with E-state index >= 15 is 0 Å². The standard InChI is InChI=1S/C24H29N3O6S/c1-26(13-5-15-33-20-6-3-7-21(16-20)34(2,31)32)23(29)17-25-24(30)18-9-11-19(12-10-18)27-14-4-8-22(27)28/h3,6-7,9-12,16H,4-5,8,13-15,17H2,1-2H3,(H,25,30). The first kappa shape index (κ1) is 25.2. The highest BCUT2D eigenvalue weighted by molar-refractivity contribution is 7.90. The zero-order valence-corrected chi connectivity index (χ0v) is 20.1. The predicted molar refractivity (Wildman–Crippen MR) is 128 cm³/mol. The maximum Gasteiger partial charge on any atom is 0.251 e. The summed E-state index contributed by atoms with van der Waals surface area (Å²) in [7, 11) is -1.67. The molecule has 10 heteroatoms. The smallest absolute Gasteiger partial charge is 0.251 e. The van der Waals surface area contributed by atoms with E-state index in [4.69, 9.17) is 4.74 Å². The molecule has 0 aliphatic carbocycles. The van der Waals surface area contributed by atoms with Crippen LogP contribution in [0, 0.1) is 0 Å². The Balaban J connectivity index is 1.39. The van der Waals surface area contributed by atoms with Gasteiger partial charge in [-0.1, -0.05) is 6.07 Å². The Morgan fingerprint density at radius 2 is 1.88 bits per heavy atom. The summed E-state index contributed by atoms with van der Waals surface area (Å²) in [5.74, 6) is -0.0789. The molecular weight excluding hydrogens is 458 g/mol. The van der Waals surface area contributed by atoms with Crippen molar-refractivity contribution in [1.29, 1.82) is 0 Å². The fraction of sp³-hybridized carbons (Fsp3) is 0.375. The molecule has 3 amide bonds. The van der Waals surface area contributed by atoms with E-state index in [9.17, 15) is 22.8 Å². The van der Waals surface area contributed by atoms with Gasteiger partial charge in [-0.25, -0.2) is 8.42 Å². The van der Waals surface area contributed by atoms with Crippen LogP contribution in [0.4, 0.5) is 5.69 Å². The number of benzene rings is 2. The maximum absolute atomic E-state index is 12.4. The zero-order valence-electron chi connectivity index (χ0n) is 19.3. The molecule has 2 aromatic rings. The lowest BCUT2D eigenvalue weighted by molar-refractivity contribution is -0.128. The molecule has 1 aliphatic rings. The quantitative estimate of drug-likeness (QED) is 0.512. The van der Waals surface area contributed by atoms with Crippen molar-refractivity contribution in [1.82, 2.24) is 10.2 Å². The van der Waals surface area contributed by atoms with Gasteiger partial charge in [-0.15, -0.1) is 0 Å². The number of carbonyl (C=O) groups excluding carboxylic acids is 3. The molecule has 9 nitrogen and oxygen atoms in total. The van der Waals surface area contributed by atoms with E-state index in [1.165, 1.54) is 17.0 Å². The molecule has 0 atom stereocenters. The van der Waals surface area contributed by atoms with E-state index in [2.05, 4.69) is 5.32 Å². The minimum atomic E-state index is -3.31. The van der Waals surface area contributed by atoms with Gasteiger partial charge in [0, 0.05) is 44.1 Å². The Bertz CT molecular complexity index is 1150. The second-order valence-electron chi connectivity index (χ2n) is 8.14. The van der Waals surface area contributed by atoms with E-state index in [0.29, 0.717) is 43.9 Å². The molecule has 1 fully saturated rings. The fourth-order valence-corrected chi connectivity index (χ4v) is 4.17. The predicted octanol–water partition coefficient (Wildman–Crippen LogP) is 1.87. The van der Waals surface area contributed by atoms with E-state index < -0.39 is 9.84 Å². The van der Waals surface area contributed by atoms with Gasteiger partial charge in [0.25, 0.3) is 5.91 Å². The van der Waals surface area contributed by atoms with Crippen LogP contribution in [0.1, 0.15) is 29.6 Å². The largest absolute Gasteiger partial charge is 0.493 e. The number of nitrogens with zero attached hydrogens (tertiary/aromatic N) is 2. The van der Waals surface area contributed by atoms with E-state index in [-0.39, 0.29) is 29.2 Å². The summed E-state index contributed by atoms with van der Waals surface area (Å²) in [5, 5.41) is 2.62. The van der Waals surface area contributed by atoms with Crippen molar-refractivity contribution in [3.8, 4) is 5.75 Å². The number of rotatable bonds is 10. The van der Waals surface area contributed by atoms with Crippen LogP contribution >= 0.6 is 0 Å². The minimum Gasteiger partial charge on any atom is -0.493 e. The molecule has 182 valence electrons. The summed E-state index contributed by atoms with van der Waals surface area (Å²) in [6.45, 7) is 1.27. The number of ether oxygens (including phenoxy) is 1. The molecule has 1 N–H and O–H groups in total. The monoisotopic (exact) mass is 487 g/mol. The number of sulfone groups is 1. The average molecular weight is 488 g/mol. The molecule has 0 bridgehead atoms. The van der Waals surface area contributed by atoms with Crippen LogP contribution in [0.25, 0.3) is 0 Å². The Kier molecular flexibility index (Phi) is 8.27. The van der Waals surface area contributed by atoms with Crippen molar-refractivity contribution in [3.63, 3.8) is 0 Å². The first-order valence-corrected chi connectivity index (χ1v) is 12.9. The SMILES string of the molecule is CN(CCCOc1cccc(S(C)(=O)=O)c1)C(=O)CNC(=O)c1ccc(N2CCCC2=O)cc1. The third kappa shape index (κ3) is 6.80. The first-order valence-electron chi connectivity index (χ1n) is 11.0. The summed E-state index contributed by atoms with van der Waals surface area (Å²) in [6.07, 6.45) is 3.05. The van der Waals surface area contributed by atoms with Crippen LogP contribution in [-0.4, -0.2) is 70.6 Å². The van der Waals surface area contributed by atoms with Crippen molar-refractivity contribution in [3.05, 3.63) is 54.1 Å². The second-order valence-corrected chi connectivity index (χ2v) is 10.2. The van der Waals surface area contributed by atoms with Crippen LogP contribution in [-0.2, 0) is 19.4 Å². The van der Waals surface area contributed by atoms with Gasteiger partial charge in [0.15, 0.2) is 9.84 Å². The number of anilines is 1. The second kappa shape index (κ2) is 11.1. The average Bonchev–Trinajstić information content (AvgIpc) is 3.25. The number of carbonyl (C=O) groups is 3. The van der Waals surface area contributed by atoms with Gasteiger partial charge in [-0.2, -0.15) is 0 Å². The van der Waals surface area contributed by atoms with E-state index in [0.717, 1.165) is 18.4 Å². The molecule has 0 unspecified atom stereocenters. The number of hydrogen-bond acceptors (Lipinski definition) is 6. The Hall–Kier alpha value is -3.40. The summed E-state index contributed by atoms with van der Waals surface area (Å²) >= 11 is 0. The summed E-state index contributed by atoms with van der Waals surface area (Å²) in [4.78, 5) is 39.9. The highest BCUT2D eigenvalue weighted by Gasteiger charge is 2.21. The number of nitrogens with one attached hydrogen (secondary N) is 1. The molecule has 0 spiro atoms. The molecule has 1 heterocycles. The summed E-state index contributed by atoms with van der Waals surface area (Å²) in [5.41, 5.74) is 1.18. The van der Waals surface area contributed by atoms with Gasteiger partial charge in [-0.05, 0) is 55.3 Å². The molecule has 3 rings (SSSR count). The van der Waals surface area contributed by atoms with Gasteiger partial charge < -0.3 is 19.9 Å². The lowest BCUT2D eigenvalue weighted by atomic mass is 10.2. The van der Waals surface area contributed by atoms with E-state index in [1.54, 1.807) is 48.3 Å². The van der Waals surface area contributed by atoms with Crippen LogP contribution < -0.4 is 15.0 Å². The molecule has 1 saturated heterocycles. The van der Waals surface area contributed by atoms with Crippen molar-refractivity contribution in [2.24, 2.45) is 0 Å². The van der Waals surface area contributed by atoms with Crippen molar-refractivity contribution >= 4 is 33.2 Å². The Morgan fingerprint density at radius 3 is 2.53 bits per heavy atom. The zero-order chi connectivity index (χ0) is 24.7. The van der Waals surface area contributed by atoms with Gasteiger partial charge in [-0.3, -0.25) is 14.4 Å². The van der Waals surface area contributed by atoms with Crippen molar-refractivity contribution in [2.75, 3.05) is 44.4 Å². The molecule has 0 saturated carbocycles. The molecule has 34 heavy (non-hydrogen) atoms. The van der Waals surface area contributed by atoms with Crippen LogP contribution in [0.3, 0.4) is 0 Å². The lowest BCUT2D eigenvalue weighted by Crippen LogP contribution is -2.38. The van der Waals surface area contributed by atoms with E-state index in [1.807, 2.05) is 0 Å². The van der Waals surface area contributed by atoms with Crippen LogP contribution in [0.2, 0.25) is 0 Å². The molecule has 0 aromatic heterocycles. The van der Waals surface area contributed by atoms with Gasteiger partial charge in [0.1, 0.15) is 5.75 Å². The number of amides is 3. The van der Waals surface area contributed by atoms with Gasteiger partial charge in [0.2, 0.25) is 11.8 Å². The molecule has 0 radical (unpaired) electrons. The fourth-order valence-electron chi connectivity index (χ4n) is 3.52. The van der Waals surface area contributed by atoms with Crippen LogP contribution in [0.5, 0.6) is 5.75 Å². The van der Waals surface area contributed by atoms with Crippen LogP contribution in [0.15, 0.2) is 53.4 Å². The molecular formula is C24H29N3O6S. The normalized spacial score (nSPS) is 13.6. The first-order chi connectivity index (χ1) is 16.1. The topological polar surface area (TPSA) is 113 Å². The van der Waals surface area contributed by atoms with Gasteiger partial charge >= 0.3 is 0 Å². The molecule has 1 aliphatic heterocycles. The molecule has 2 aromatic carbocycles. The highest BCUT2D eigenvalue weighted by Crippen LogP contribution is 2.21. The minimum absolute atomic E-state index is 0.0821. The summed E-state index contributed by atoms with van der Waals surface area (Å²) < 4.78 is 28.8. The highest BCUT2D eigenvalue weighted by atomic mass is 32.2. The van der Waals surface area contributed by atoms with Crippen molar-refractivity contribution in [2.45, 2.75) is 24.2 Å². The summed E-state index contributed by atoms with van der Waals surface area (Å²) in [6, 6.07) is 13.0. The third-order valence-electron chi connectivity index (χ3n) is 5.48. The Labute approximate surface area is 199 Å². The van der Waals surface area contributed by atoms with Gasteiger partial charge in [0.05, 0.1) is 18.0 Å². The number of likely N-dealkylation sites (N-methyl/N-ethyl adjacent to an activating group) is 1. The lowest BCUT2D eigenvalue weighted by Gasteiger charge is -2.18. The third-order valence-corrected chi connectivity index (χ3v) is 6.59. The maximum atomic E-state index is 12.4. The number of hydrogen-bond donors (Lipinski definition) is 1. The Morgan fingerprint density at radius 1 is 1.15 bits per heavy atom. The van der Waals surface area contributed by atoms with Crippen molar-refractivity contribution < 1.29 is 27.5 Å².